The van der Waals surface area contributed by atoms with Gasteiger partial charge in [0.05, 0.1) is 12.5 Å². The summed E-state index contributed by atoms with van der Waals surface area (Å²) in [6, 6.07) is -1.21. The molecule has 0 aromatic heterocycles. The Morgan fingerprint density at radius 3 is 2.25 bits per heavy atom. The first-order valence-electron chi connectivity index (χ1n) is 2.92. The lowest BCUT2D eigenvalue weighted by molar-refractivity contribution is -0.140. The quantitative estimate of drug-likeness (QED) is 0.350. The van der Waals surface area contributed by atoms with Gasteiger partial charge in [0.15, 0.2) is 0 Å². The second-order valence-electron chi connectivity index (χ2n) is 1.95. The van der Waals surface area contributed by atoms with E-state index in [2.05, 4.69) is 4.74 Å². The van der Waals surface area contributed by atoms with E-state index in [4.69, 9.17) is 16.6 Å². The Hall–Kier alpha value is -1.63. The highest BCUT2D eigenvalue weighted by atomic mass is 16.7. The molecule has 0 bridgehead atoms. The van der Waals surface area contributed by atoms with Crippen molar-refractivity contribution in [3.63, 3.8) is 0 Å². The fraction of sp³-hybridized carbons (Fsp3) is 0.400. The van der Waals surface area contributed by atoms with Crippen LogP contribution in [0.15, 0.2) is 0 Å². The number of rotatable bonds is 3. The Morgan fingerprint density at radius 2 is 1.92 bits per heavy atom. The second kappa shape index (κ2) is 4.29. The van der Waals surface area contributed by atoms with Crippen LogP contribution in [-0.2, 0) is 14.3 Å². The first-order valence-corrected chi connectivity index (χ1v) is 2.92. The van der Waals surface area contributed by atoms with E-state index in [1.807, 2.05) is 0 Å². The molecule has 0 aliphatic heterocycles. The summed E-state index contributed by atoms with van der Waals surface area (Å²) in [5, 5.41) is 7.94. The van der Waals surface area contributed by atoms with E-state index in [9.17, 15) is 14.4 Å². The van der Waals surface area contributed by atoms with Gasteiger partial charge in [-0.25, -0.2) is 4.79 Å². The SMILES string of the molecule is NC(=O)[C@@H](N)CC(=O)OC(=O)O. The first-order chi connectivity index (χ1) is 5.43. The number of carbonyl (C=O) groups is 3. The molecule has 1 atom stereocenters. The molecule has 68 valence electrons. The maximum atomic E-state index is 10.5. The maximum Gasteiger partial charge on any atom is 0.513 e. The van der Waals surface area contributed by atoms with Gasteiger partial charge in [0.25, 0.3) is 0 Å². The van der Waals surface area contributed by atoms with Crippen molar-refractivity contribution in [3.05, 3.63) is 0 Å². The molecule has 7 heteroatoms. The van der Waals surface area contributed by atoms with Crippen molar-refractivity contribution in [1.82, 2.24) is 0 Å². The number of hydrogen-bond donors (Lipinski definition) is 3. The van der Waals surface area contributed by atoms with Gasteiger partial charge in [-0.2, -0.15) is 0 Å². The Labute approximate surface area is 67.3 Å². The lowest BCUT2D eigenvalue weighted by Crippen LogP contribution is -2.38. The summed E-state index contributed by atoms with van der Waals surface area (Å²) in [6.45, 7) is 0. The average molecular weight is 176 g/mol. The third kappa shape index (κ3) is 4.23. The molecule has 0 unspecified atom stereocenters. The molecule has 0 saturated carbocycles. The Balaban J connectivity index is 3.85. The van der Waals surface area contributed by atoms with Gasteiger partial charge in [-0.05, 0) is 0 Å². The molecular weight excluding hydrogens is 168 g/mol. The van der Waals surface area contributed by atoms with Crippen LogP contribution in [0, 0.1) is 0 Å². The van der Waals surface area contributed by atoms with Gasteiger partial charge in [0.2, 0.25) is 5.91 Å². The molecule has 0 aliphatic carbocycles. The van der Waals surface area contributed by atoms with E-state index in [1.165, 1.54) is 0 Å². The molecular formula is C5H8N2O5. The molecule has 12 heavy (non-hydrogen) atoms. The number of ether oxygens (including phenoxy) is 1. The number of carbonyl (C=O) groups excluding carboxylic acids is 2. The number of carboxylic acid groups (broad SMARTS) is 1. The summed E-state index contributed by atoms with van der Waals surface area (Å²) in [4.78, 5) is 30.5. The van der Waals surface area contributed by atoms with E-state index < -0.39 is 30.5 Å². The van der Waals surface area contributed by atoms with Gasteiger partial charge in [-0.15, -0.1) is 0 Å². The normalized spacial score (nSPS) is 11.8. The third-order valence-corrected chi connectivity index (χ3v) is 0.953. The van der Waals surface area contributed by atoms with Crippen LogP contribution in [0.4, 0.5) is 4.79 Å². The molecule has 0 aromatic rings. The molecule has 7 nitrogen and oxygen atoms in total. The predicted octanol–water partition coefficient (Wildman–Crippen LogP) is -1.59. The molecule has 0 aliphatic rings. The van der Waals surface area contributed by atoms with Gasteiger partial charge in [0.1, 0.15) is 0 Å². The van der Waals surface area contributed by atoms with Crippen LogP contribution in [-0.4, -0.2) is 29.2 Å². The summed E-state index contributed by atoms with van der Waals surface area (Å²) < 4.78 is 3.66. The summed E-state index contributed by atoms with van der Waals surface area (Å²) in [5.74, 6) is -1.99. The number of nitrogens with two attached hydrogens (primary N) is 2. The van der Waals surface area contributed by atoms with Crippen molar-refractivity contribution in [3.8, 4) is 0 Å². The van der Waals surface area contributed by atoms with Gasteiger partial charge < -0.3 is 21.3 Å². The zero-order valence-electron chi connectivity index (χ0n) is 6.02. The minimum absolute atomic E-state index is 0.540. The van der Waals surface area contributed by atoms with Crippen LogP contribution in [0.5, 0.6) is 0 Å². The minimum atomic E-state index is -1.74. The molecule has 0 fully saturated rings. The Kier molecular flexibility index (Phi) is 3.71. The van der Waals surface area contributed by atoms with Crippen LogP contribution in [0.3, 0.4) is 0 Å². The predicted molar refractivity (Wildman–Crippen MR) is 35.9 cm³/mol. The summed E-state index contributed by atoms with van der Waals surface area (Å²) in [5.41, 5.74) is 9.72. The second-order valence-corrected chi connectivity index (χ2v) is 1.95. The molecule has 1 amide bonds. The van der Waals surface area contributed by atoms with E-state index in [1.54, 1.807) is 0 Å². The highest BCUT2D eigenvalue weighted by Crippen LogP contribution is 1.91. The largest absolute Gasteiger partial charge is 0.513 e. The number of hydrogen-bond acceptors (Lipinski definition) is 5. The van der Waals surface area contributed by atoms with E-state index in [-0.39, 0.29) is 0 Å². The zero-order chi connectivity index (χ0) is 9.72. The highest BCUT2D eigenvalue weighted by molar-refractivity contribution is 5.88. The van der Waals surface area contributed by atoms with E-state index in [0.29, 0.717) is 0 Å². The Bertz CT molecular complexity index is 214. The van der Waals surface area contributed by atoms with Gasteiger partial charge in [-0.1, -0.05) is 0 Å². The third-order valence-electron chi connectivity index (χ3n) is 0.953. The van der Waals surface area contributed by atoms with Gasteiger partial charge >= 0.3 is 12.1 Å². The van der Waals surface area contributed by atoms with Gasteiger partial charge in [0, 0.05) is 0 Å². The van der Waals surface area contributed by atoms with Crippen molar-refractivity contribution >= 4 is 18.0 Å². The molecule has 0 spiro atoms. The monoisotopic (exact) mass is 176 g/mol. The van der Waals surface area contributed by atoms with Crippen molar-refractivity contribution < 1.29 is 24.2 Å². The zero-order valence-corrected chi connectivity index (χ0v) is 6.02. The summed E-state index contributed by atoms with van der Waals surface area (Å²) in [7, 11) is 0. The maximum absolute atomic E-state index is 10.5. The first kappa shape index (κ1) is 10.4. The molecule has 0 radical (unpaired) electrons. The van der Waals surface area contributed by atoms with Crippen LogP contribution in [0.25, 0.3) is 0 Å². The van der Waals surface area contributed by atoms with Crippen LogP contribution >= 0.6 is 0 Å². The fourth-order valence-electron chi connectivity index (χ4n) is 0.419. The molecule has 0 rings (SSSR count). The lowest BCUT2D eigenvalue weighted by Gasteiger charge is -2.03. The van der Waals surface area contributed by atoms with Crippen molar-refractivity contribution in [2.75, 3.05) is 0 Å². The molecule has 5 N–H and O–H groups in total. The van der Waals surface area contributed by atoms with Crippen molar-refractivity contribution in [2.45, 2.75) is 12.5 Å². The van der Waals surface area contributed by atoms with Crippen molar-refractivity contribution in [1.29, 1.82) is 0 Å². The topological polar surface area (TPSA) is 133 Å². The molecule has 0 saturated heterocycles. The fourth-order valence-corrected chi connectivity index (χ4v) is 0.419. The molecule has 0 heterocycles. The number of esters is 1. The van der Waals surface area contributed by atoms with Gasteiger partial charge in [-0.3, -0.25) is 9.59 Å². The summed E-state index contributed by atoms with van der Waals surface area (Å²) in [6.07, 6.45) is -2.28. The van der Waals surface area contributed by atoms with E-state index >= 15 is 0 Å². The Morgan fingerprint density at radius 1 is 1.42 bits per heavy atom. The van der Waals surface area contributed by atoms with Crippen LogP contribution in [0.2, 0.25) is 0 Å². The standard InChI is InChI=1S/C5H8N2O5/c6-2(4(7)9)1-3(8)12-5(10)11/h2H,1,6H2,(H2,7,9)(H,10,11)/t2-/m0/s1. The van der Waals surface area contributed by atoms with E-state index in [0.717, 1.165) is 0 Å². The smallest absolute Gasteiger partial charge is 0.449 e. The number of amides is 1. The molecule has 0 aromatic carbocycles. The average Bonchev–Trinajstić information content (AvgIpc) is 1.84. The summed E-state index contributed by atoms with van der Waals surface area (Å²) >= 11 is 0. The number of primary amides is 1. The highest BCUT2D eigenvalue weighted by Gasteiger charge is 2.17. The van der Waals surface area contributed by atoms with Crippen LogP contribution in [0.1, 0.15) is 6.42 Å². The van der Waals surface area contributed by atoms with Crippen LogP contribution < -0.4 is 11.5 Å². The lowest BCUT2D eigenvalue weighted by atomic mass is 10.2. The van der Waals surface area contributed by atoms with Crippen molar-refractivity contribution in [2.24, 2.45) is 11.5 Å². The minimum Gasteiger partial charge on any atom is -0.449 e.